The second-order valence-electron chi connectivity index (χ2n) is 12.6. The molecule has 0 fully saturated rings. The van der Waals surface area contributed by atoms with Crippen molar-refractivity contribution in [1.82, 2.24) is 0 Å². The van der Waals surface area contributed by atoms with Crippen LogP contribution in [0.15, 0.2) is 24.3 Å². The van der Waals surface area contributed by atoms with Gasteiger partial charge in [0.15, 0.2) is 0 Å². The average molecular weight is 759 g/mol. The summed E-state index contributed by atoms with van der Waals surface area (Å²) in [6.45, 7) is 14.1. The predicted octanol–water partition coefficient (Wildman–Crippen LogP) is 6.63. The third-order valence-electron chi connectivity index (χ3n) is 7.94. The third-order valence-corrected chi connectivity index (χ3v) is 7.94. The summed E-state index contributed by atoms with van der Waals surface area (Å²) in [6, 6.07) is 8.45. The van der Waals surface area contributed by atoms with Crippen LogP contribution in [-0.4, -0.2) is 138 Å². The summed E-state index contributed by atoms with van der Waals surface area (Å²) >= 11 is 0. The smallest absolute Gasteiger partial charge is 0.305 e. The molecule has 0 aliphatic heterocycles. The minimum Gasteiger partial charge on any atom is -0.491 e. The molecule has 0 spiro atoms. The van der Waals surface area contributed by atoms with Crippen molar-refractivity contribution in [3.8, 4) is 5.75 Å². The lowest BCUT2D eigenvalue weighted by molar-refractivity contribution is -0.145. The van der Waals surface area contributed by atoms with Crippen molar-refractivity contribution in [2.24, 2.45) is 0 Å². The maximum atomic E-state index is 11.5. The highest BCUT2D eigenvalue weighted by molar-refractivity contribution is 5.69. The Hall–Kier alpha value is -1.87. The fourth-order valence-corrected chi connectivity index (χ4v) is 4.92. The van der Waals surface area contributed by atoms with Crippen LogP contribution in [-0.2, 0) is 58.6 Å². The van der Waals surface area contributed by atoms with E-state index in [9.17, 15) is 4.79 Å². The number of carbonyl (C=O) groups is 1. The number of aryl methyl sites for hydroxylation is 1. The molecule has 1 aromatic carbocycles. The van der Waals surface area contributed by atoms with Crippen LogP contribution in [0.2, 0.25) is 0 Å². The number of hydrogen-bond acceptors (Lipinski definition) is 12. The van der Waals surface area contributed by atoms with Gasteiger partial charge in [-0.25, -0.2) is 0 Å². The average Bonchev–Trinajstić information content (AvgIpc) is 3.17. The first-order chi connectivity index (χ1) is 26.3. The lowest BCUT2D eigenvalue weighted by Crippen LogP contribution is -2.15. The van der Waals surface area contributed by atoms with Gasteiger partial charge in [0.1, 0.15) is 19.0 Å². The molecule has 0 amide bonds. The van der Waals surface area contributed by atoms with Crippen LogP contribution in [0.25, 0.3) is 0 Å². The summed E-state index contributed by atoms with van der Waals surface area (Å²) in [5, 5.41) is 0. The third kappa shape index (κ3) is 36.9. The molecule has 0 bridgehead atoms. The quantitative estimate of drug-likeness (QED) is 0.0526. The van der Waals surface area contributed by atoms with Gasteiger partial charge >= 0.3 is 5.97 Å². The van der Waals surface area contributed by atoms with E-state index in [0.717, 1.165) is 31.4 Å². The van der Waals surface area contributed by atoms with E-state index >= 15 is 0 Å². The van der Waals surface area contributed by atoms with Crippen molar-refractivity contribution < 1.29 is 56.9 Å². The number of ether oxygens (including phenoxy) is 11. The Morgan fingerprint density at radius 2 is 0.736 bits per heavy atom. The minimum atomic E-state index is -0.158. The van der Waals surface area contributed by atoms with Crippen LogP contribution >= 0.6 is 0 Å². The molecule has 0 aliphatic rings. The number of benzene rings is 1. The van der Waals surface area contributed by atoms with E-state index in [0.29, 0.717) is 132 Å². The molecular formula is C41H74O12. The van der Waals surface area contributed by atoms with E-state index in [-0.39, 0.29) is 12.6 Å². The summed E-state index contributed by atoms with van der Waals surface area (Å²) in [6.07, 6.45) is 14.0. The number of unbranched alkanes of at least 4 members (excludes halogenated alkanes) is 8. The van der Waals surface area contributed by atoms with Gasteiger partial charge in [-0.1, -0.05) is 77.3 Å². The Labute approximate surface area is 321 Å². The molecule has 0 saturated heterocycles. The first-order valence-corrected chi connectivity index (χ1v) is 20.3. The van der Waals surface area contributed by atoms with Gasteiger partial charge in [-0.3, -0.25) is 4.79 Å². The predicted molar refractivity (Wildman–Crippen MR) is 206 cm³/mol. The van der Waals surface area contributed by atoms with Crippen molar-refractivity contribution in [3.63, 3.8) is 0 Å². The van der Waals surface area contributed by atoms with Crippen molar-refractivity contribution in [2.45, 2.75) is 90.9 Å². The molecule has 0 N–H and O–H groups in total. The number of carbonyl (C=O) groups excluding carboxylic acids is 1. The number of rotatable bonds is 43. The highest BCUT2D eigenvalue weighted by Gasteiger charge is 2.02. The fourth-order valence-electron chi connectivity index (χ4n) is 4.92. The van der Waals surface area contributed by atoms with Crippen LogP contribution in [0, 0.1) is 0 Å². The standard InChI is InChI=1S/C41H74O12/c1-3-5-7-8-9-10-12-13-39-15-17-40(18-16-39)52-37-35-50-33-31-48-29-27-46-25-23-44-21-19-43-20-22-45-24-26-47-28-30-49-32-34-51-36-38-53-41(42)14-11-6-4-2/h15-18H,3-14,19-38H2,1-2H3. The van der Waals surface area contributed by atoms with Gasteiger partial charge in [-0.2, -0.15) is 0 Å². The number of esters is 1. The molecule has 1 rings (SSSR count). The van der Waals surface area contributed by atoms with E-state index in [1.54, 1.807) is 0 Å². The van der Waals surface area contributed by atoms with Crippen LogP contribution in [0.1, 0.15) is 90.0 Å². The Morgan fingerprint density at radius 3 is 1.15 bits per heavy atom. The minimum absolute atomic E-state index is 0.158. The molecule has 12 nitrogen and oxygen atoms in total. The monoisotopic (exact) mass is 759 g/mol. The molecule has 53 heavy (non-hydrogen) atoms. The van der Waals surface area contributed by atoms with Gasteiger partial charge in [0.2, 0.25) is 0 Å². The van der Waals surface area contributed by atoms with E-state index in [1.165, 1.54) is 50.5 Å². The first-order valence-electron chi connectivity index (χ1n) is 20.3. The van der Waals surface area contributed by atoms with Crippen LogP contribution in [0.5, 0.6) is 5.75 Å². The van der Waals surface area contributed by atoms with E-state index in [1.807, 2.05) is 0 Å². The highest BCUT2D eigenvalue weighted by Crippen LogP contribution is 2.15. The van der Waals surface area contributed by atoms with Crippen LogP contribution in [0.3, 0.4) is 0 Å². The van der Waals surface area contributed by atoms with Gasteiger partial charge in [-0.05, 0) is 37.0 Å². The van der Waals surface area contributed by atoms with Crippen LogP contribution < -0.4 is 4.74 Å². The Morgan fingerprint density at radius 1 is 0.396 bits per heavy atom. The van der Waals surface area contributed by atoms with Gasteiger partial charge in [0.25, 0.3) is 0 Å². The molecule has 0 radical (unpaired) electrons. The van der Waals surface area contributed by atoms with Gasteiger partial charge in [0.05, 0.1) is 119 Å². The zero-order chi connectivity index (χ0) is 38.0. The van der Waals surface area contributed by atoms with Crippen LogP contribution in [0.4, 0.5) is 0 Å². The fraction of sp³-hybridized carbons (Fsp3) is 0.829. The summed E-state index contributed by atoms with van der Waals surface area (Å²) in [5.41, 5.74) is 1.38. The summed E-state index contributed by atoms with van der Waals surface area (Å²) < 4.78 is 60.4. The van der Waals surface area contributed by atoms with Crippen molar-refractivity contribution in [3.05, 3.63) is 29.8 Å². The summed E-state index contributed by atoms with van der Waals surface area (Å²) in [7, 11) is 0. The van der Waals surface area contributed by atoms with Gasteiger partial charge in [0, 0.05) is 6.42 Å². The van der Waals surface area contributed by atoms with Gasteiger partial charge < -0.3 is 52.1 Å². The molecule has 0 aliphatic carbocycles. The maximum Gasteiger partial charge on any atom is 0.305 e. The molecule has 12 heteroatoms. The zero-order valence-corrected chi connectivity index (χ0v) is 33.3. The normalized spacial score (nSPS) is 11.4. The lowest BCUT2D eigenvalue weighted by Gasteiger charge is -2.09. The summed E-state index contributed by atoms with van der Waals surface area (Å²) in [5.74, 6) is 0.727. The highest BCUT2D eigenvalue weighted by atomic mass is 16.6. The topological polar surface area (TPSA) is 119 Å². The molecule has 0 heterocycles. The van der Waals surface area contributed by atoms with Crippen molar-refractivity contribution >= 4 is 5.97 Å². The largest absolute Gasteiger partial charge is 0.491 e. The zero-order valence-electron chi connectivity index (χ0n) is 33.3. The Bertz CT molecular complexity index is 873. The Balaban J connectivity index is 1.69. The summed E-state index contributed by atoms with van der Waals surface area (Å²) in [4.78, 5) is 11.5. The van der Waals surface area contributed by atoms with Crippen molar-refractivity contribution in [1.29, 1.82) is 0 Å². The number of hydrogen-bond donors (Lipinski definition) is 0. The van der Waals surface area contributed by atoms with Crippen molar-refractivity contribution in [2.75, 3.05) is 132 Å². The van der Waals surface area contributed by atoms with Gasteiger partial charge in [-0.15, -0.1) is 0 Å². The molecule has 1 aromatic rings. The lowest BCUT2D eigenvalue weighted by atomic mass is 10.0. The maximum absolute atomic E-state index is 11.5. The second kappa shape index (κ2) is 41.3. The Kier molecular flexibility index (Phi) is 38.3. The molecule has 0 aromatic heterocycles. The molecule has 310 valence electrons. The van der Waals surface area contributed by atoms with E-state index < -0.39 is 0 Å². The molecular weight excluding hydrogens is 684 g/mol. The molecule has 0 atom stereocenters. The second-order valence-corrected chi connectivity index (χ2v) is 12.6. The van der Waals surface area contributed by atoms with E-state index in [2.05, 4.69) is 38.1 Å². The first kappa shape index (κ1) is 49.1. The molecule has 0 saturated carbocycles. The SMILES string of the molecule is CCCCCCCCCc1ccc(OCCOCCOCCOCCOCCOCCOCCOCCOCCOCCOC(=O)CCCCC)cc1. The van der Waals surface area contributed by atoms with E-state index in [4.69, 9.17) is 52.1 Å². The molecule has 0 unspecified atom stereocenters.